The molecule has 0 saturated carbocycles. The molecule has 0 bridgehead atoms. The minimum Gasteiger partial charge on any atom is -0.319 e. The molecule has 0 unspecified atom stereocenters. The zero-order valence-electron chi connectivity index (χ0n) is 25.4. The minimum absolute atomic E-state index is 0. The van der Waals surface area contributed by atoms with Crippen LogP contribution >= 0.6 is 0 Å². The standard InChI is InChI=1S/C38H35N4.Pt/c1-37(2,3)26-20-21-39-36(24-26)42-32-15-8-7-14-30(32)31-19-18-28(23-35(31)42)38(4,5)27-12-11-13-29(22-27)41-25-40(6)33-16-9-10-17-34(33)41;/h7-21,24-25H,1-6H3;/q-1;. The molecule has 43 heavy (non-hydrogen) atoms. The molecule has 0 radical (unpaired) electrons. The van der Waals surface area contributed by atoms with Crippen LogP contribution in [-0.2, 0) is 38.9 Å². The molecule has 3 heterocycles. The van der Waals surface area contributed by atoms with Gasteiger partial charge in [-0.05, 0) is 52.1 Å². The van der Waals surface area contributed by atoms with E-state index in [9.17, 15) is 0 Å². The van der Waals surface area contributed by atoms with Gasteiger partial charge in [0.2, 0.25) is 0 Å². The van der Waals surface area contributed by atoms with Crippen molar-refractivity contribution in [2.24, 2.45) is 7.05 Å². The predicted octanol–water partition coefficient (Wildman–Crippen LogP) is 8.96. The van der Waals surface area contributed by atoms with E-state index in [2.05, 4.69) is 165 Å². The zero-order valence-corrected chi connectivity index (χ0v) is 27.7. The number of hydrogen-bond acceptors (Lipinski definition) is 1. The van der Waals surface area contributed by atoms with E-state index in [4.69, 9.17) is 4.98 Å². The van der Waals surface area contributed by atoms with Crippen LogP contribution in [-0.4, -0.2) is 18.7 Å². The second-order valence-corrected chi connectivity index (χ2v) is 12.8. The summed E-state index contributed by atoms with van der Waals surface area (Å²) >= 11 is 0. The third-order valence-electron chi connectivity index (χ3n) is 8.62. The summed E-state index contributed by atoms with van der Waals surface area (Å²) in [4.78, 5) is 4.85. The van der Waals surface area contributed by atoms with Crippen LogP contribution in [0, 0.1) is 12.1 Å². The van der Waals surface area contributed by atoms with Gasteiger partial charge in [-0.1, -0.05) is 58.3 Å². The number of aryl methyl sites for hydroxylation is 1. The number of rotatable bonds is 4. The summed E-state index contributed by atoms with van der Waals surface area (Å²) in [5, 5.41) is 2.38. The van der Waals surface area contributed by atoms with Gasteiger partial charge in [0.05, 0.1) is 0 Å². The summed E-state index contributed by atoms with van der Waals surface area (Å²) in [7, 11) is 2.09. The molecule has 5 heteroatoms. The Morgan fingerprint density at radius 1 is 0.698 bits per heavy atom. The van der Waals surface area contributed by atoms with Crippen LogP contribution in [0.25, 0.3) is 44.3 Å². The molecule has 0 saturated heterocycles. The first-order chi connectivity index (χ1) is 20.1. The van der Waals surface area contributed by atoms with Crippen LogP contribution in [0.3, 0.4) is 0 Å². The van der Waals surface area contributed by atoms with Crippen molar-refractivity contribution in [2.75, 3.05) is 0 Å². The largest absolute Gasteiger partial charge is 0.319 e. The molecule has 0 aliphatic rings. The second kappa shape index (κ2) is 10.6. The van der Waals surface area contributed by atoms with Crippen molar-refractivity contribution >= 4 is 32.8 Å². The molecule has 0 N–H and O–H groups in total. The second-order valence-electron chi connectivity index (χ2n) is 12.8. The van der Waals surface area contributed by atoms with Gasteiger partial charge in [-0.2, -0.15) is 35.9 Å². The quantitative estimate of drug-likeness (QED) is 0.166. The Morgan fingerprint density at radius 3 is 2.16 bits per heavy atom. The van der Waals surface area contributed by atoms with E-state index in [-0.39, 0.29) is 31.9 Å². The summed E-state index contributed by atoms with van der Waals surface area (Å²) < 4.78 is 6.64. The Labute approximate surface area is 267 Å². The van der Waals surface area contributed by atoms with Gasteiger partial charge >= 0.3 is 0 Å². The zero-order chi connectivity index (χ0) is 29.2. The van der Waals surface area contributed by atoms with Crippen molar-refractivity contribution in [2.45, 2.75) is 45.4 Å². The van der Waals surface area contributed by atoms with Crippen LogP contribution in [0.15, 0.2) is 104 Å². The number of fused-ring (bicyclic) bond motifs is 4. The molecule has 7 aromatic rings. The Kier molecular flexibility index (Phi) is 7.17. The molecule has 0 atom stereocenters. The number of pyridine rings is 1. The van der Waals surface area contributed by atoms with E-state index < -0.39 is 0 Å². The molecular weight excluding hydrogens is 708 g/mol. The molecule has 3 aromatic heterocycles. The first kappa shape index (κ1) is 29.1. The van der Waals surface area contributed by atoms with Gasteiger partial charge in [-0.25, -0.2) is 14.1 Å². The average Bonchev–Trinajstić information content (AvgIpc) is 3.51. The van der Waals surface area contributed by atoms with Crippen LogP contribution in [0.2, 0.25) is 0 Å². The fourth-order valence-corrected chi connectivity index (χ4v) is 6.07. The summed E-state index contributed by atoms with van der Waals surface area (Å²) in [6, 6.07) is 39.9. The molecule has 218 valence electrons. The molecule has 0 aliphatic heterocycles. The van der Waals surface area contributed by atoms with Crippen LogP contribution in [0.5, 0.6) is 0 Å². The number of nitrogens with zero attached hydrogens (tertiary/aromatic N) is 4. The Morgan fingerprint density at radius 2 is 1.40 bits per heavy atom. The summed E-state index contributed by atoms with van der Waals surface area (Å²) in [5.41, 5.74) is 8.73. The number of benzene rings is 4. The first-order valence-electron chi connectivity index (χ1n) is 14.5. The Balaban J connectivity index is 0.00000329. The number of para-hydroxylation sites is 3. The van der Waals surface area contributed by atoms with Gasteiger partial charge in [-0.3, -0.25) is 0 Å². The van der Waals surface area contributed by atoms with Crippen LogP contribution in [0.4, 0.5) is 0 Å². The molecule has 4 nitrogen and oxygen atoms in total. The minimum atomic E-state index is -0.336. The number of hydrogen-bond donors (Lipinski definition) is 0. The summed E-state index contributed by atoms with van der Waals surface area (Å²) in [6.45, 7) is 11.3. The van der Waals surface area contributed by atoms with Gasteiger partial charge < -0.3 is 4.57 Å². The van der Waals surface area contributed by atoms with Crippen LogP contribution < -0.4 is 0 Å². The monoisotopic (exact) mass is 742 g/mol. The van der Waals surface area contributed by atoms with Gasteiger partial charge in [0, 0.05) is 57.6 Å². The third kappa shape index (κ3) is 4.82. The van der Waals surface area contributed by atoms with E-state index in [1.165, 1.54) is 21.9 Å². The normalized spacial score (nSPS) is 12.2. The number of aromatic nitrogens is 4. The van der Waals surface area contributed by atoms with E-state index in [0.717, 1.165) is 39.2 Å². The molecule has 0 fully saturated rings. The average molecular weight is 743 g/mol. The maximum atomic E-state index is 4.85. The fraction of sp³-hybridized carbons (Fsp3) is 0.211. The number of imidazole rings is 1. The fourth-order valence-electron chi connectivity index (χ4n) is 6.07. The third-order valence-corrected chi connectivity index (χ3v) is 8.62. The summed E-state index contributed by atoms with van der Waals surface area (Å²) in [6.07, 6.45) is 4.05. The van der Waals surface area contributed by atoms with Crippen molar-refractivity contribution in [1.82, 2.24) is 18.7 Å². The molecule has 0 aliphatic carbocycles. The van der Waals surface area contributed by atoms with Gasteiger partial charge in [0.25, 0.3) is 0 Å². The SMILES string of the molecule is Cn1[cH+]n(-c2[c-]c(C(C)(C)c3[c-]c4c(cc3)c3ccccc3n4-c3cc(C(C)(C)C)ccn3)ccc2)c2ccccc21.[Pt]. The van der Waals surface area contributed by atoms with Crippen LogP contribution in [0.1, 0.15) is 51.3 Å². The van der Waals surface area contributed by atoms with E-state index in [0.29, 0.717) is 0 Å². The maximum absolute atomic E-state index is 4.85. The van der Waals surface area contributed by atoms with Crippen molar-refractivity contribution in [3.05, 3.63) is 132 Å². The van der Waals surface area contributed by atoms with E-state index in [1.54, 1.807) is 0 Å². The van der Waals surface area contributed by atoms with Crippen molar-refractivity contribution in [3.63, 3.8) is 0 Å². The summed E-state index contributed by atoms with van der Waals surface area (Å²) in [5.74, 6) is 0.917. The molecular formula is C38H35N4Pt-. The van der Waals surface area contributed by atoms with E-state index >= 15 is 0 Å². The van der Waals surface area contributed by atoms with Crippen molar-refractivity contribution in [3.8, 4) is 11.5 Å². The molecule has 0 amide bonds. The topological polar surface area (TPSA) is 27.7 Å². The Bertz CT molecular complexity index is 2120. The molecule has 7 rings (SSSR count). The molecule has 0 spiro atoms. The Hall–Kier alpha value is -4.01. The van der Waals surface area contributed by atoms with E-state index in [1.807, 2.05) is 6.20 Å². The smallest absolute Gasteiger partial charge is 0.188 e. The van der Waals surface area contributed by atoms with Gasteiger partial charge in [0.15, 0.2) is 17.4 Å². The maximum Gasteiger partial charge on any atom is 0.188 e. The van der Waals surface area contributed by atoms with Gasteiger partial charge in [0.1, 0.15) is 5.82 Å². The van der Waals surface area contributed by atoms with Gasteiger partial charge in [-0.15, -0.1) is 23.1 Å². The first-order valence-corrected chi connectivity index (χ1v) is 14.5. The molecule has 4 aromatic carbocycles. The predicted molar refractivity (Wildman–Crippen MR) is 174 cm³/mol. The van der Waals surface area contributed by atoms with Crippen molar-refractivity contribution in [1.29, 1.82) is 0 Å². The van der Waals surface area contributed by atoms with Crippen molar-refractivity contribution < 1.29 is 21.1 Å².